The molecule has 1 aliphatic rings. The second-order valence-electron chi connectivity index (χ2n) is 4.79. The van der Waals surface area contributed by atoms with E-state index >= 15 is 0 Å². The predicted molar refractivity (Wildman–Crippen MR) is 71.4 cm³/mol. The molecule has 0 N–H and O–H groups in total. The largest absolute Gasteiger partial charge is 0.485 e. The monoisotopic (exact) mass is 290 g/mol. The van der Waals surface area contributed by atoms with Gasteiger partial charge in [0.25, 0.3) is 0 Å². The van der Waals surface area contributed by atoms with Crippen LogP contribution in [0.5, 0.6) is 11.5 Å². The Hall–Kier alpha value is -2.43. The minimum Gasteiger partial charge on any atom is -0.485 e. The summed E-state index contributed by atoms with van der Waals surface area (Å²) in [6, 6.07) is 10.1. The van der Waals surface area contributed by atoms with Crippen molar-refractivity contribution in [2.45, 2.75) is 12.5 Å². The zero-order valence-electron chi connectivity index (χ0n) is 11.0. The Kier molecular flexibility index (Phi) is 3.56. The minimum atomic E-state index is -0.772. The van der Waals surface area contributed by atoms with Crippen molar-refractivity contribution in [2.24, 2.45) is 0 Å². The molecule has 1 aliphatic heterocycles. The molecular formula is C16H12F2O3. The van der Waals surface area contributed by atoms with Crippen molar-refractivity contribution in [2.75, 3.05) is 6.61 Å². The number of carbonyl (C=O) groups is 1. The van der Waals surface area contributed by atoms with Crippen LogP contribution in [0.4, 0.5) is 8.78 Å². The fourth-order valence-corrected chi connectivity index (χ4v) is 2.21. The number of ketones is 1. The van der Waals surface area contributed by atoms with E-state index in [1.54, 1.807) is 24.3 Å². The van der Waals surface area contributed by atoms with Gasteiger partial charge in [-0.15, -0.1) is 0 Å². The maximum Gasteiger partial charge on any atom is 0.191 e. The number of carbonyl (C=O) groups excluding carboxylic acids is 1. The highest BCUT2D eigenvalue weighted by Gasteiger charge is 2.27. The molecule has 0 saturated carbocycles. The van der Waals surface area contributed by atoms with E-state index < -0.39 is 17.7 Å². The minimum absolute atomic E-state index is 0.0909. The molecular weight excluding hydrogens is 278 g/mol. The van der Waals surface area contributed by atoms with Crippen molar-refractivity contribution in [1.82, 2.24) is 0 Å². The number of hydrogen-bond donors (Lipinski definition) is 0. The van der Waals surface area contributed by atoms with E-state index in [-0.39, 0.29) is 24.4 Å². The van der Waals surface area contributed by atoms with Crippen LogP contribution < -0.4 is 9.47 Å². The normalized spacial score (nSPS) is 16.6. The van der Waals surface area contributed by atoms with Crippen molar-refractivity contribution in [3.05, 3.63) is 59.7 Å². The Morgan fingerprint density at radius 3 is 2.48 bits per heavy atom. The van der Waals surface area contributed by atoms with Crippen LogP contribution in [0.2, 0.25) is 0 Å². The van der Waals surface area contributed by atoms with E-state index in [9.17, 15) is 13.6 Å². The molecule has 0 saturated heterocycles. The molecule has 2 aromatic carbocycles. The van der Waals surface area contributed by atoms with E-state index in [4.69, 9.17) is 9.47 Å². The van der Waals surface area contributed by atoms with Crippen molar-refractivity contribution >= 4 is 5.78 Å². The van der Waals surface area contributed by atoms with Crippen LogP contribution in [0.1, 0.15) is 5.56 Å². The molecule has 0 amide bonds. The van der Waals surface area contributed by atoms with Gasteiger partial charge in [0.05, 0.1) is 0 Å². The highest BCUT2D eigenvalue weighted by atomic mass is 19.1. The van der Waals surface area contributed by atoms with Gasteiger partial charge >= 0.3 is 0 Å². The van der Waals surface area contributed by atoms with Gasteiger partial charge in [0.2, 0.25) is 0 Å². The molecule has 3 nitrogen and oxygen atoms in total. The van der Waals surface area contributed by atoms with Crippen LogP contribution in [-0.2, 0) is 11.2 Å². The molecule has 3 rings (SSSR count). The Morgan fingerprint density at radius 2 is 1.76 bits per heavy atom. The summed E-state index contributed by atoms with van der Waals surface area (Å²) < 4.78 is 37.2. The summed E-state index contributed by atoms with van der Waals surface area (Å²) in [6.07, 6.45) is -0.878. The van der Waals surface area contributed by atoms with Gasteiger partial charge in [-0.25, -0.2) is 8.78 Å². The number of Topliss-reactive ketones (excluding diaryl/α,β-unsaturated/α-hetero) is 1. The molecule has 0 radical (unpaired) electrons. The number of fused-ring (bicyclic) bond motifs is 1. The highest BCUT2D eigenvalue weighted by Crippen LogP contribution is 2.31. The highest BCUT2D eigenvalue weighted by molar-refractivity contribution is 5.86. The molecule has 1 heterocycles. The SMILES string of the molecule is O=C(Cc1cc(F)cc(F)c1)C1COc2ccccc2O1. The van der Waals surface area contributed by atoms with Gasteiger partial charge in [0, 0.05) is 12.5 Å². The third-order valence-electron chi connectivity index (χ3n) is 3.17. The number of benzene rings is 2. The maximum absolute atomic E-state index is 13.1. The first-order valence-corrected chi connectivity index (χ1v) is 6.48. The van der Waals surface area contributed by atoms with Crippen molar-refractivity contribution < 1.29 is 23.0 Å². The van der Waals surface area contributed by atoms with Gasteiger partial charge in [-0.2, -0.15) is 0 Å². The Bertz CT molecular complexity index is 665. The first-order chi connectivity index (χ1) is 10.1. The first kappa shape index (κ1) is 13.5. The Morgan fingerprint density at radius 1 is 1.10 bits per heavy atom. The average molecular weight is 290 g/mol. The lowest BCUT2D eigenvalue weighted by Crippen LogP contribution is -2.37. The van der Waals surface area contributed by atoms with Gasteiger partial charge < -0.3 is 9.47 Å². The molecule has 1 unspecified atom stereocenters. The average Bonchev–Trinajstić information content (AvgIpc) is 2.45. The Balaban J connectivity index is 1.72. The van der Waals surface area contributed by atoms with Crippen molar-refractivity contribution in [3.8, 4) is 11.5 Å². The molecule has 0 aromatic heterocycles. The summed E-state index contributed by atoms with van der Waals surface area (Å²) in [7, 11) is 0. The number of rotatable bonds is 3. The number of para-hydroxylation sites is 2. The molecule has 5 heteroatoms. The summed E-state index contributed by atoms with van der Waals surface area (Å²) in [5.41, 5.74) is 0.278. The number of hydrogen-bond acceptors (Lipinski definition) is 3. The molecule has 0 fully saturated rings. The Labute approximate surface area is 120 Å². The zero-order valence-corrected chi connectivity index (χ0v) is 11.0. The standard InChI is InChI=1S/C16H12F2O3/c17-11-5-10(6-12(18)8-11)7-13(19)16-9-20-14-3-1-2-4-15(14)21-16/h1-6,8,16H,7,9H2. The van der Waals surface area contributed by atoms with E-state index in [0.717, 1.165) is 18.2 Å². The van der Waals surface area contributed by atoms with E-state index in [1.165, 1.54) is 0 Å². The summed E-state index contributed by atoms with van der Waals surface area (Å²) >= 11 is 0. The van der Waals surface area contributed by atoms with Crippen molar-refractivity contribution in [3.63, 3.8) is 0 Å². The van der Waals surface area contributed by atoms with E-state index in [2.05, 4.69) is 0 Å². The molecule has 108 valence electrons. The third-order valence-corrected chi connectivity index (χ3v) is 3.17. The lowest BCUT2D eigenvalue weighted by molar-refractivity contribution is -0.127. The predicted octanol–water partition coefficient (Wildman–Crippen LogP) is 2.92. The van der Waals surface area contributed by atoms with Crippen LogP contribution in [0.3, 0.4) is 0 Å². The number of ether oxygens (including phenoxy) is 2. The second-order valence-corrected chi connectivity index (χ2v) is 4.79. The summed E-state index contributed by atoms with van der Waals surface area (Å²) in [5.74, 6) is -0.617. The molecule has 0 aliphatic carbocycles. The third kappa shape index (κ3) is 3.02. The zero-order chi connectivity index (χ0) is 14.8. The quantitative estimate of drug-likeness (QED) is 0.872. The van der Waals surface area contributed by atoms with Crippen LogP contribution >= 0.6 is 0 Å². The fourth-order valence-electron chi connectivity index (χ4n) is 2.21. The maximum atomic E-state index is 13.1. The lowest BCUT2D eigenvalue weighted by atomic mass is 10.0. The first-order valence-electron chi connectivity index (χ1n) is 6.48. The second kappa shape index (κ2) is 5.52. The number of halogens is 2. The van der Waals surface area contributed by atoms with Crippen LogP contribution in [0.15, 0.2) is 42.5 Å². The molecule has 0 bridgehead atoms. The van der Waals surface area contributed by atoms with Crippen LogP contribution in [0.25, 0.3) is 0 Å². The van der Waals surface area contributed by atoms with Gasteiger partial charge in [-0.3, -0.25) is 4.79 Å². The summed E-state index contributed by atoms with van der Waals surface area (Å²) in [4.78, 5) is 12.2. The lowest BCUT2D eigenvalue weighted by Gasteiger charge is -2.25. The van der Waals surface area contributed by atoms with Gasteiger partial charge in [-0.05, 0) is 29.8 Å². The smallest absolute Gasteiger partial charge is 0.191 e. The van der Waals surface area contributed by atoms with Crippen molar-refractivity contribution in [1.29, 1.82) is 0 Å². The van der Waals surface area contributed by atoms with Crippen LogP contribution in [-0.4, -0.2) is 18.5 Å². The van der Waals surface area contributed by atoms with E-state index in [0.29, 0.717) is 11.5 Å². The van der Waals surface area contributed by atoms with E-state index in [1.807, 2.05) is 0 Å². The summed E-state index contributed by atoms with van der Waals surface area (Å²) in [6.45, 7) is 0.0909. The van der Waals surface area contributed by atoms with Gasteiger partial charge in [-0.1, -0.05) is 12.1 Å². The van der Waals surface area contributed by atoms with Crippen LogP contribution in [0, 0.1) is 11.6 Å². The topological polar surface area (TPSA) is 35.5 Å². The molecule has 1 atom stereocenters. The van der Waals surface area contributed by atoms with Gasteiger partial charge in [0.1, 0.15) is 18.2 Å². The molecule has 2 aromatic rings. The summed E-state index contributed by atoms with van der Waals surface area (Å²) in [5, 5.41) is 0. The van der Waals surface area contributed by atoms with Gasteiger partial charge in [0.15, 0.2) is 23.4 Å². The fraction of sp³-hybridized carbons (Fsp3) is 0.188. The molecule has 21 heavy (non-hydrogen) atoms. The molecule has 0 spiro atoms.